The zero-order valence-corrected chi connectivity index (χ0v) is 16.3. The summed E-state index contributed by atoms with van der Waals surface area (Å²) in [6.07, 6.45) is 5.80. The summed E-state index contributed by atoms with van der Waals surface area (Å²) in [7, 11) is 0. The molecule has 4 nitrogen and oxygen atoms in total. The molecule has 0 spiro atoms. The molecule has 2 aliphatic rings. The average Bonchev–Trinajstić information content (AvgIpc) is 3.29. The molecule has 28 heavy (non-hydrogen) atoms. The molecule has 0 saturated carbocycles. The van der Waals surface area contributed by atoms with Crippen LogP contribution in [0.3, 0.4) is 0 Å². The van der Waals surface area contributed by atoms with Crippen molar-refractivity contribution in [2.45, 2.75) is 38.6 Å². The quantitative estimate of drug-likeness (QED) is 0.688. The highest BCUT2D eigenvalue weighted by Crippen LogP contribution is 2.31. The third-order valence-electron chi connectivity index (χ3n) is 5.70. The zero-order chi connectivity index (χ0) is 18.4. The Hall–Kier alpha value is -2.37. The van der Waals surface area contributed by atoms with E-state index in [2.05, 4.69) is 22.8 Å². The number of hydrogen-bond donors (Lipinski definition) is 2. The van der Waals surface area contributed by atoms with Crippen LogP contribution in [0.25, 0.3) is 11.0 Å². The van der Waals surface area contributed by atoms with Gasteiger partial charge in [-0.3, -0.25) is 4.79 Å². The number of amides is 1. The molecule has 0 bridgehead atoms. The highest BCUT2D eigenvalue weighted by atomic mass is 35.5. The van der Waals surface area contributed by atoms with E-state index >= 15 is 0 Å². The van der Waals surface area contributed by atoms with Gasteiger partial charge in [-0.2, -0.15) is 0 Å². The van der Waals surface area contributed by atoms with Crippen LogP contribution in [0.4, 0.5) is 10.1 Å². The first-order valence-electron chi connectivity index (χ1n) is 9.52. The van der Waals surface area contributed by atoms with Gasteiger partial charge < -0.3 is 15.1 Å². The molecule has 146 valence electrons. The number of carbonyl (C=O) groups excluding carboxylic acids is 1. The molecule has 0 atom stereocenters. The number of aryl methyl sites for hydroxylation is 2. The van der Waals surface area contributed by atoms with E-state index in [0.717, 1.165) is 41.5 Å². The molecule has 1 aromatic heterocycles. The van der Waals surface area contributed by atoms with Gasteiger partial charge in [-0.1, -0.05) is 6.07 Å². The van der Waals surface area contributed by atoms with Crippen molar-refractivity contribution in [3.63, 3.8) is 0 Å². The minimum Gasteiger partial charge on any atom is -0.464 e. The Bertz CT molecular complexity index is 1060. The van der Waals surface area contributed by atoms with E-state index in [1.54, 1.807) is 12.3 Å². The monoisotopic (exact) mass is 400 g/mol. The van der Waals surface area contributed by atoms with Gasteiger partial charge in [0.15, 0.2) is 0 Å². The molecule has 0 saturated heterocycles. The van der Waals surface area contributed by atoms with Crippen LogP contribution in [0.2, 0.25) is 0 Å². The predicted molar refractivity (Wildman–Crippen MR) is 110 cm³/mol. The van der Waals surface area contributed by atoms with Crippen molar-refractivity contribution in [2.24, 2.45) is 0 Å². The van der Waals surface area contributed by atoms with E-state index in [1.165, 1.54) is 17.5 Å². The Morgan fingerprint density at radius 2 is 1.96 bits per heavy atom. The first-order chi connectivity index (χ1) is 13.2. The fourth-order valence-electron chi connectivity index (χ4n) is 4.28. The van der Waals surface area contributed by atoms with E-state index in [0.29, 0.717) is 18.5 Å². The second-order valence-corrected chi connectivity index (χ2v) is 7.45. The number of nitrogens with one attached hydrogen (secondary N) is 2. The van der Waals surface area contributed by atoms with Crippen molar-refractivity contribution in [1.82, 2.24) is 5.32 Å². The van der Waals surface area contributed by atoms with Gasteiger partial charge >= 0.3 is 0 Å². The molecule has 2 aromatic carbocycles. The van der Waals surface area contributed by atoms with E-state index in [-0.39, 0.29) is 36.2 Å². The topological polar surface area (TPSA) is 54.3 Å². The third kappa shape index (κ3) is 3.29. The van der Waals surface area contributed by atoms with Gasteiger partial charge in [-0.15, -0.1) is 12.4 Å². The summed E-state index contributed by atoms with van der Waals surface area (Å²) in [5.41, 5.74) is 6.29. The molecule has 0 unspecified atom stereocenters. The Balaban J connectivity index is 0.00000192. The maximum absolute atomic E-state index is 14.7. The van der Waals surface area contributed by atoms with Crippen LogP contribution in [-0.4, -0.2) is 12.5 Å². The van der Waals surface area contributed by atoms with Crippen molar-refractivity contribution in [2.75, 3.05) is 11.9 Å². The average molecular weight is 401 g/mol. The molecule has 0 fully saturated rings. The van der Waals surface area contributed by atoms with Crippen LogP contribution in [0, 0.1) is 5.82 Å². The van der Waals surface area contributed by atoms with Crippen LogP contribution >= 0.6 is 12.4 Å². The van der Waals surface area contributed by atoms with E-state index in [9.17, 15) is 9.18 Å². The van der Waals surface area contributed by atoms with Gasteiger partial charge in [0.1, 0.15) is 11.4 Å². The molecule has 1 aliphatic heterocycles. The SMILES string of the molecule is Cl.O=C(Cc1coc2cc3c(cc12)CCC3)Nc1ccc2c(c1F)CCNC2. The van der Waals surface area contributed by atoms with Gasteiger partial charge in [-0.05, 0) is 72.7 Å². The largest absolute Gasteiger partial charge is 0.464 e. The molecule has 1 aliphatic carbocycles. The smallest absolute Gasteiger partial charge is 0.229 e. The van der Waals surface area contributed by atoms with Crippen LogP contribution in [0.15, 0.2) is 34.9 Å². The minimum atomic E-state index is -0.308. The van der Waals surface area contributed by atoms with Gasteiger partial charge in [-0.25, -0.2) is 4.39 Å². The summed E-state index contributed by atoms with van der Waals surface area (Å²) in [5, 5.41) is 6.96. The van der Waals surface area contributed by atoms with E-state index in [1.807, 2.05) is 6.07 Å². The number of hydrogen-bond acceptors (Lipinski definition) is 3. The molecular weight excluding hydrogens is 379 g/mol. The second-order valence-electron chi connectivity index (χ2n) is 7.45. The number of benzene rings is 2. The maximum atomic E-state index is 14.7. The third-order valence-corrected chi connectivity index (χ3v) is 5.70. The lowest BCUT2D eigenvalue weighted by molar-refractivity contribution is -0.115. The first kappa shape index (κ1) is 19.0. The molecule has 6 heteroatoms. The maximum Gasteiger partial charge on any atom is 0.229 e. The molecule has 1 amide bonds. The number of fused-ring (bicyclic) bond motifs is 3. The molecule has 2 N–H and O–H groups in total. The Labute approximate surface area is 168 Å². The molecule has 5 rings (SSSR count). The van der Waals surface area contributed by atoms with Crippen LogP contribution in [0.5, 0.6) is 0 Å². The Morgan fingerprint density at radius 1 is 1.14 bits per heavy atom. The second kappa shape index (κ2) is 7.57. The fourth-order valence-corrected chi connectivity index (χ4v) is 4.28. The fraction of sp³-hybridized carbons (Fsp3) is 0.318. The number of carbonyl (C=O) groups is 1. The molecular formula is C22H22ClFN2O2. The van der Waals surface area contributed by atoms with Crippen molar-refractivity contribution >= 4 is 35.0 Å². The number of furan rings is 1. The van der Waals surface area contributed by atoms with Crippen LogP contribution < -0.4 is 10.6 Å². The standard InChI is InChI=1S/C22H21FN2O2.ClH/c23-22-17-6-7-24-11-15(17)4-5-19(22)25-21(26)10-16-12-27-20-9-14-3-1-2-13(14)8-18(16)20;/h4-5,8-9,12,24H,1-3,6-7,10-11H2,(H,25,26);1H. The Morgan fingerprint density at radius 3 is 2.82 bits per heavy atom. The predicted octanol–water partition coefficient (Wildman–Crippen LogP) is 4.31. The number of anilines is 1. The lowest BCUT2D eigenvalue weighted by atomic mass is 9.99. The first-order valence-corrected chi connectivity index (χ1v) is 9.52. The van der Waals surface area contributed by atoms with Gasteiger partial charge in [0.2, 0.25) is 5.91 Å². The van der Waals surface area contributed by atoms with Crippen molar-refractivity contribution < 1.29 is 13.6 Å². The number of rotatable bonds is 3. The highest BCUT2D eigenvalue weighted by molar-refractivity contribution is 5.95. The van der Waals surface area contributed by atoms with Gasteiger partial charge in [0, 0.05) is 17.5 Å². The van der Waals surface area contributed by atoms with Gasteiger partial charge in [0.25, 0.3) is 0 Å². The highest BCUT2D eigenvalue weighted by Gasteiger charge is 2.19. The molecule has 2 heterocycles. The molecule has 3 aromatic rings. The lowest BCUT2D eigenvalue weighted by Gasteiger charge is -2.19. The van der Waals surface area contributed by atoms with Crippen molar-refractivity contribution in [3.8, 4) is 0 Å². The summed E-state index contributed by atoms with van der Waals surface area (Å²) in [6.45, 7) is 1.43. The van der Waals surface area contributed by atoms with Crippen molar-refractivity contribution in [3.05, 3.63) is 64.2 Å². The van der Waals surface area contributed by atoms with Crippen molar-refractivity contribution in [1.29, 1.82) is 0 Å². The molecule has 0 radical (unpaired) electrons. The summed E-state index contributed by atoms with van der Waals surface area (Å²) in [6, 6.07) is 7.78. The zero-order valence-electron chi connectivity index (χ0n) is 15.4. The lowest BCUT2D eigenvalue weighted by Crippen LogP contribution is -2.25. The summed E-state index contributed by atoms with van der Waals surface area (Å²) in [4.78, 5) is 12.5. The van der Waals surface area contributed by atoms with E-state index < -0.39 is 0 Å². The normalized spacial score (nSPS) is 15.0. The van der Waals surface area contributed by atoms with Crippen LogP contribution in [-0.2, 0) is 37.0 Å². The number of halogens is 2. The van der Waals surface area contributed by atoms with E-state index in [4.69, 9.17) is 4.42 Å². The summed E-state index contributed by atoms with van der Waals surface area (Å²) in [5.74, 6) is -0.539. The minimum absolute atomic E-state index is 0. The Kier molecular flexibility index (Phi) is 5.13. The van der Waals surface area contributed by atoms with Crippen LogP contribution in [0.1, 0.15) is 34.2 Å². The summed E-state index contributed by atoms with van der Waals surface area (Å²) < 4.78 is 20.4. The summed E-state index contributed by atoms with van der Waals surface area (Å²) >= 11 is 0. The van der Waals surface area contributed by atoms with Gasteiger partial charge in [0.05, 0.1) is 18.4 Å².